The molecule has 180 valence electrons. The molecule has 0 bridgehead atoms. The van der Waals surface area contributed by atoms with Gasteiger partial charge in [-0.25, -0.2) is 4.79 Å². The van der Waals surface area contributed by atoms with Gasteiger partial charge in [-0.05, 0) is 36.2 Å². The second-order valence-electron chi connectivity index (χ2n) is 7.20. The molecule has 12 heteroatoms. The molecular weight excluding hydrogens is 457 g/mol. The Morgan fingerprint density at radius 1 is 1.12 bits per heavy atom. The molecule has 2 aromatic carbocycles. The van der Waals surface area contributed by atoms with Crippen molar-refractivity contribution in [3.63, 3.8) is 0 Å². The van der Waals surface area contributed by atoms with E-state index in [1.165, 1.54) is 51.5 Å². The molecule has 0 saturated carbocycles. The van der Waals surface area contributed by atoms with Crippen molar-refractivity contribution >= 4 is 5.84 Å². The smallest absolute Gasteiger partial charge is 0.416 e. The van der Waals surface area contributed by atoms with Crippen LogP contribution < -0.4 is 26.5 Å². The number of methoxy groups -OCH3 is 2. The first kappa shape index (κ1) is 24.4. The molecule has 0 aliphatic rings. The molecule has 0 spiro atoms. The van der Waals surface area contributed by atoms with Crippen molar-refractivity contribution in [3.05, 3.63) is 85.7 Å². The maximum atomic E-state index is 13.3. The SMILES string of the molecule is COc1ccc(-n2cc(C(N)=NO)c(=O)n(Cc3cccc(C(F)(F)F)c3C)c2=O)cc1OC. The molecule has 9 nitrogen and oxygen atoms in total. The van der Waals surface area contributed by atoms with Crippen LogP contribution >= 0.6 is 0 Å². The Bertz CT molecular complexity index is 1380. The van der Waals surface area contributed by atoms with Gasteiger partial charge in [0.05, 0.1) is 32.0 Å². The van der Waals surface area contributed by atoms with Crippen LogP contribution in [0.3, 0.4) is 0 Å². The number of amidine groups is 1. The Hall–Kier alpha value is -4.22. The van der Waals surface area contributed by atoms with E-state index in [1.54, 1.807) is 0 Å². The Morgan fingerprint density at radius 3 is 2.38 bits per heavy atom. The van der Waals surface area contributed by atoms with E-state index in [9.17, 15) is 22.8 Å². The summed E-state index contributed by atoms with van der Waals surface area (Å²) in [7, 11) is 2.82. The molecule has 0 unspecified atom stereocenters. The van der Waals surface area contributed by atoms with E-state index in [1.807, 2.05) is 0 Å². The standard InChI is InChI=1S/C22H21F3N4O5/c1-12-13(5-4-6-16(12)22(23,24)25)10-29-20(30)15(19(26)27-32)11-28(21(29)31)14-7-8-17(33-2)18(9-14)34-3/h4-9,11,32H,10H2,1-3H3,(H2,26,27). The maximum Gasteiger partial charge on any atom is 0.416 e. The highest BCUT2D eigenvalue weighted by Crippen LogP contribution is 2.33. The van der Waals surface area contributed by atoms with Gasteiger partial charge in [-0.2, -0.15) is 13.2 Å². The highest BCUT2D eigenvalue weighted by Gasteiger charge is 2.33. The molecule has 0 atom stereocenters. The van der Waals surface area contributed by atoms with Gasteiger partial charge >= 0.3 is 11.9 Å². The summed E-state index contributed by atoms with van der Waals surface area (Å²) in [6.45, 7) is 0.775. The third kappa shape index (κ3) is 4.47. The van der Waals surface area contributed by atoms with E-state index in [0.29, 0.717) is 10.3 Å². The number of hydrogen-bond donors (Lipinski definition) is 2. The second-order valence-corrected chi connectivity index (χ2v) is 7.20. The van der Waals surface area contributed by atoms with Crippen LogP contribution in [-0.2, 0) is 12.7 Å². The number of ether oxygens (including phenoxy) is 2. The number of halogens is 3. The molecule has 0 amide bonds. The average Bonchev–Trinajstić information content (AvgIpc) is 2.81. The zero-order valence-electron chi connectivity index (χ0n) is 18.4. The molecule has 0 aliphatic carbocycles. The fraction of sp³-hybridized carbons (Fsp3) is 0.227. The molecule has 1 heterocycles. The van der Waals surface area contributed by atoms with Gasteiger partial charge in [0.15, 0.2) is 17.3 Å². The topological polar surface area (TPSA) is 121 Å². The summed E-state index contributed by atoms with van der Waals surface area (Å²) in [5.74, 6) is 0.0846. The number of benzene rings is 2. The van der Waals surface area contributed by atoms with Crippen LogP contribution in [0.15, 0.2) is 57.3 Å². The lowest BCUT2D eigenvalue weighted by Gasteiger charge is -2.17. The van der Waals surface area contributed by atoms with Gasteiger partial charge in [-0.15, -0.1) is 0 Å². The number of aromatic nitrogens is 2. The van der Waals surface area contributed by atoms with Gasteiger partial charge in [0.25, 0.3) is 5.56 Å². The Balaban J connectivity index is 2.28. The van der Waals surface area contributed by atoms with E-state index in [2.05, 4.69) is 5.16 Å². The number of nitrogens with two attached hydrogens (primary N) is 1. The predicted octanol–water partition coefficient (Wildman–Crippen LogP) is 2.49. The van der Waals surface area contributed by atoms with Crippen molar-refractivity contribution in [2.45, 2.75) is 19.6 Å². The Labute approximate surface area is 191 Å². The third-order valence-electron chi connectivity index (χ3n) is 5.28. The first-order valence-corrected chi connectivity index (χ1v) is 9.76. The minimum atomic E-state index is -4.61. The summed E-state index contributed by atoms with van der Waals surface area (Å²) >= 11 is 0. The third-order valence-corrected chi connectivity index (χ3v) is 5.28. The lowest BCUT2D eigenvalue weighted by Crippen LogP contribution is -2.43. The maximum absolute atomic E-state index is 13.3. The molecule has 0 aliphatic heterocycles. The zero-order chi connectivity index (χ0) is 25.2. The van der Waals surface area contributed by atoms with Crippen LogP contribution in [0.25, 0.3) is 5.69 Å². The van der Waals surface area contributed by atoms with Crippen LogP contribution in [0.1, 0.15) is 22.3 Å². The van der Waals surface area contributed by atoms with Crippen LogP contribution in [0.2, 0.25) is 0 Å². The minimum absolute atomic E-state index is 0.101. The van der Waals surface area contributed by atoms with Crippen molar-refractivity contribution in [1.29, 1.82) is 0 Å². The minimum Gasteiger partial charge on any atom is -0.493 e. The highest BCUT2D eigenvalue weighted by atomic mass is 19.4. The van der Waals surface area contributed by atoms with Crippen LogP contribution in [0.4, 0.5) is 13.2 Å². The molecule has 34 heavy (non-hydrogen) atoms. The zero-order valence-corrected chi connectivity index (χ0v) is 18.4. The van der Waals surface area contributed by atoms with E-state index < -0.39 is 35.4 Å². The van der Waals surface area contributed by atoms with Crippen molar-refractivity contribution in [2.75, 3.05) is 14.2 Å². The first-order chi connectivity index (χ1) is 16.0. The number of rotatable bonds is 6. The monoisotopic (exact) mass is 478 g/mol. The first-order valence-electron chi connectivity index (χ1n) is 9.76. The van der Waals surface area contributed by atoms with Gasteiger partial charge in [-0.1, -0.05) is 17.3 Å². The fourth-order valence-electron chi connectivity index (χ4n) is 3.46. The lowest BCUT2D eigenvalue weighted by atomic mass is 10.0. The highest BCUT2D eigenvalue weighted by molar-refractivity contribution is 5.96. The number of oxime groups is 1. The molecular formula is C22H21F3N4O5. The summed E-state index contributed by atoms with van der Waals surface area (Å²) in [5, 5.41) is 11.9. The number of hydrogen-bond acceptors (Lipinski definition) is 6. The van der Waals surface area contributed by atoms with Crippen LogP contribution in [0, 0.1) is 6.92 Å². The molecule has 3 N–H and O–H groups in total. The molecule has 3 rings (SSSR count). The second kappa shape index (κ2) is 9.33. The van der Waals surface area contributed by atoms with Crippen LogP contribution in [0.5, 0.6) is 11.5 Å². The summed E-state index contributed by atoms with van der Waals surface area (Å²) < 4.78 is 52.2. The number of nitrogens with zero attached hydrogens (tertiary/aromatic N) is 3. The van der Waals surface area contributed by atoms with E-state index in [4.69, 9.17) is 20.4 Å². The normalized spacial score (nSPS) is 12.0. The van der Waals surface area contributed by atoms with Gasteiger partial charge in [0, 0.05) is 12.3 Å². The lowest BCUT2D eigenvalue weighted by molar-refractivity contribution is -0.138. The van der Waals surface area contributed by atoms with Crippen molar-refractivity contribution < 1.29 is 27.9 Å². The van der Waals surface area contributed by atoms with Gasteiger partial charge in [0.1, 0.15) is 5.56 Å². The Morgan fingerprint density at radius 2 is 1.79 bits per heavy atom. The van der Waals surface area contributed by atoms with Gasteiger partial charge in [0.2, 0.25) is 0 Å². The molecule has 0 saturated heterocycles. The average molecular weight is 478 g/mol. The quantitative estimate of drug-likeness (QED) is 0.243. The van der Waals surface area contributed by atoms with Gasteiger partial charge < -0.3 is 20.4 Å². The molecule has 0 fully saturated rings. The number of alkyl halides is 3. The fourth-order valence-corrected chi connectivity index (χ4v) is 3.46. The summed E-state index contributed by atoms with van der Waals surface area (Å²) in [5.41, 5.74) is 2.85. The molecule has 0 radical (unpaired) electrons. The summed E-state index contributed by atoms with van der Waals surface area (Å²) in [4.78, 5) is 26.3. The van der Waals surface area contributed by atoms with E-state index in [-0.39, 0.29) is 28.1 Å². The molecule has 3 aromatic rings. The summed E-state index contributed by atoms with van der Waals surface area (Å²) in [6.07, 6.45) is -3.53. The van der Waals surface area contributed by atoms with E-state index >= 15 is 0 Å². The van der Waals surface area contributed by atoms with Crippen LogP contribution in [-0.4, -0.2) is 34.4 Å². The van der Waals surface area contributed by atoms with Crippen molar-refractivity contribution in [1.82, 2.24) is 9.13 Å². The largest absolute Gasteiger partial charge is 0.493 e. The van der Waals surface area contributed by atoms with Crippen molar-refractivity contribution in [2.24, 2.45) is 10.9 Å². The van der Waals surface area contributed by atoms with Crippen molar-refractivity contribution in [3.8, 4) is 17.2 Å². The van der Waals surface area contributed by atoms with Gasteiger partial charge in [-0.3, -0.25) is 13.9 Å². The summed E-state index contributed by atoms with van der Waals surface area (Å²) in [6, 6.07) is 7.97. The predicted molar refractivity (Wildman–Crippen MR) is 117 cm³/mol. The van der Waals surface area contributed by atoms with E-state index in [0.717, 1.165) is 16.8 Å². The Kier molecular flexibility index (Phi) is 6.70. The molecule has 1 aromatic heterocycles.